The molecule has 90 valence electrons. The molecule has 0 radical (unpaired) electrons. The summed E-state index contributed by atoms with van der Waals surface area (Å²) in [7, 11) is 0. The maximum atomic E-state index is 13.2. The minimum atomic E-state index is -0.188. The molecule has 3 N–H and O–H groups in total. The average Bonchev–Trinajstić information content (AvgIpc) is 2.71. The second kappa shape index (κ2) is 4.96. The molecule has 2 nitrogen and oxygen atoms in total. The topological polar surface area (TPSA) is 38.0 Å². The van der Waals surface area contributed by atoms with Crippen molar-refractivity contribution in [3.05, 3.63) is 57.0 Å². The predicted molar refractivity (Wildman–Crippen MR) is 69.4 cm³/mol. The van der Waals surface area contributed by atoms with Crippen LogP contribution in [0.2, 0.25) is 0 Å². The standard InChI is InChI=1S/C13H15FN2S/c1-8-5-6-17-13(8)12(16-15)10-3-4-11(14)9(2)7-10/h3-7,12,16H,15H2,1-2H3. The lowest BCUT2D eigenvalue weighted by atomic mass is 10.0. The van der Waals surface area contributed by atoms with Gasteiger partial charge in [0.1, 0.15) is 5.82 Å². The molecule has 0 bridgehead atoms. The van der Waals surface area contributed by atoms with E-state index in [0.29, 0.717) is 5.56 Å². The van der Waals surface area contributed by atoms with Crippen LogP contribution in [-0.4, -0.2) is 0 Å². The zero-order valence-corrected chi connectivity index (χ0v) is 10.6. The van der Waals surface area contributed by atoms with Gasteiger partial charge in [-0.1, -0.05) is 12.1 Å². The number of hydrazine groups is 1. The smallest absolute Gasteiger partial charge is 0.126 e. The number of nitrogens with two attached hydrogens (primary N) is 1. The number of hydrogen-bond acceptors (Lipinski definition) is 3. The molecule has 1 atom stereocenters. The molecule has 1 heterocycles. The van der Waals surface area contributed by atoms with Gasteiger partial charge in [0, 0.05) is 4.88 Å². The van der Waals surface area contributed by atoms with Gasteiger partial charge in [-0.15, -0.1) is 11.3 Å². The van der Waals surface area contributed by atoms with E-state index in [1.54, 1.807) is 24.3 Å². The Hall–Kier alpha value is -1.23. The van der Waals surface area contributed by atoms with E-state index in [1.165, 1.54) is 16.5 Å². The molecular formula is C13H15FN2S. The van der Waals surface area contributed by atoms with Crippen LogP contribution >= 0.6 is 11.3 Å². The first kappa shape index (κ1) is 12.2. The fraction of sp³-hybridized carbons (Fsp3) is 0.231. The zero-order valence-electron chi connectivity index (χ0n) is 9.83. The summed E-state index contributed by atoms with van der Waals surface area (Å²) in [6.45, 7) is 3.81. The minimum absolute atomic E-state index is 0.0747. The molecule has 17 heavy (non-hydrogen) atoms. The number of thiophene rings is 1. The maximum Gasteiger partial charge on any atom is 0.126 e. The molecule has 0 aliphatic carbocycles. The highest BCUT2D eigenvalue weighted by molar-refractivity contribution is 7.10. The Kier molecular flexibility index (Phi) is 3.57. The van der Waals surface area contributed by atoms with Gasteiger partial charge in [-0.2, -0.15) is 0 Å². The molecule has 0 saturated carbocycles. The van der Waals surface area contributed by atoms with Gasteiger partial charge in [-0.05, 0) is 48.1 Å². The molecule has 0 amide bonds. The van der Waals surface area contributed by atoms with Gasteiger partial charge in [0.2, 0.25) is 0 Å². The van der Waals surface area contributed by atoms with Crippen molar-refractivity contribution in [3.8, 4) is 0 Å². The maximum absolute atomic E-state index is 13.2. The van der Waals surface area contributed by atoms with E-state index in [4.69, 9.17) is 5.84 Å². The Morgan fingerprint density at radius 3 is 2.53 bits per heavy atom. The Morgan fingerprint density at radius 1 is 1.24 bits per heavy atom. The van der Waals surface area contributed by atoms with Gasteiger partial charge in [0.25, 0.3) is 0 Å². The molecule has 2 rings (SSSR count). The molecular weight excluding hydrogens is 235 g/mol. The lowest BCUT2D eigenvalue weighted by Gasteiger charge is -2.16. The SMILES string of the molecule is Cc1cc(C(NN)c2sccc2C)ccc1F. The van der Waals surface area contributed by atoms with E-state index < -0.39 is 0 Å². The van der Waals surface area contributed by atoms with Gasteiger partial charge < -0.3 is 0 Å². The first-order valence-electron chi connectivity index (χ1n) is 5.39. The quantitative estimate of drug-likeness (QED) is 0.649. The number of aryl methyl sites for hydroxylation is 2. The fourth-order valence-corrected chi connectivity index (χ4v) is 2.86. The normalized spacial score (nSPS) is 12.7. The molecule has 0 spiro atoms. The summed E-state index contributed by atoms with van der Waals surface area (Å²) in [6.07, 6.45) is 0. The number of benzene rings is 1. The van der Waals surface area contributed by atoms with Crippen molar-refractivity contribution in [2.75, 3.05) is 0 Å². The number of nitrogens with one attached hydrogen (secondary N) is 1. The second-order valence-electron chi connectivity index (χ2n) is 4.08. The van der Waals surface area contributed by atoms with E-state index in [0.717, 1.165) is 5.56 Å². The van der Waals surface area contributed by atoms with E-state index in [9.17, 15) is 4.39 Å². The highest BCUT2D eigenvalue weighted by Gasteiger charge is 2.16. The highest BCUT2D eigenvalue weighted by Crippen LogP contribution is 2.29. The van der Waals surface area contributed by atoms with Gasteiger partial charge >= 0.3 is 0 Å². The Morgan fingerprint density at radius 2 is 2.00 bits per heavy atom. The Balaban J connectivity index is 2.42. The van der Waals surface area contributed by atoms with Crippen molar-refractivity contribution >= 4 is 11.3 Å². The number of hydrogen-bond donors (Lipinski definition) is 2. The van der Waals surface area contributed by atoms with Crippen LogP contribution in [0.3, 0.4) is 0 Å². The lowest BCUT2D eigenvalue weighted by molar-refractivity contribution is 0.609. The Labute approximate surface area is 104 Å². The minimum Gasteiger partial charge on any atom is -0.271 e. The third-order valence-corrected chi connectivity index (χ3v) is 3.93. The van der Waals surface area contributed by atoms with Crippen molar-refractivity contribution in [1.82, 2.24) is 5.43 Å². The summed E-state index contributed by atoms with van der Waals surface area (Å²) >= 11 is 1.65. The first-order chi connectivity index (χ1) is 8.13. The summed E-state index contributed by atoms with van der Waals surface area (Å²) < 4.78 is 13.2. The molecule has 0 aliphatic rings. The van der Waals surface area contributed by atoms with Gasteiger partial charge in [0.15, 0.2) is 0 Å². The van der Waals surface area contributed by atoms with Crippen molar-refractivity contribution in [2.24, 2.45) is 5.84 Å². The second-order valence-corrected chi connectivity index (χ2v) is 5.02. The molecule has 1 unspecified atom stereocenters. The summed E-state index contributed by atoms with van der Waals surface area (Å²) in [5.41, 5.74) is 5.61. The first-order valence-corrected chi connectivity index (χ1v) is 6.27. The van der Waals surface area contributed by atoms with Crippen LogP contribution in [0.5, 0.6) is 0 Å². The van der Waals surface area contributed by atoms with Crippen molar-refractivity contribution in [2.45, 2.75) is 19.9 Å². The lowest BCUT2D eigenvalue weighted by Crippen LogP contribution is -2.28. The van der Waals surface area contributed by atoms with Gasteiger partial charge in [-0.3, -0.25) is 5.84 Å². The summed E-state index contributed by atoms with van der Waals surface area (Å²) in [5.74, 6) is 5.43. The van der Waals surface area contributed by atoms with Gasteiger partial charge in [0.05, 0.1) is 6.04 Å². The number of halogens is 1. The highest BCUT2D eigenvalue weighted by atomic mass is 32.1. The largest absolute Gasteiger partial charge is 0.271 e. The zero-order chi connectivity index (χ0) is 12.4. The monoisotopic (exact) mass is 250 g/mol. The summed E-state index contributed by atoms with van der Waals surface area (Å²) in [4.78, 5) is 1.17. The Bertz CT molecular complexity index is 522. The van der Waals surface area contributed by atoms with Crippen LogP contribution < -0.4 is 11.3 Å². The van der Waals surface area contributed by atoms with E-state index in [1.807, 2.05) is 18.4 Å². The molecule has 2 aromatic rings. The molecule has 4 heteroatoms. The van der Waals surface area contributed by atoms with Crippen molar-refractivity contribution < 1.29 is 4.39 Å². The summed E-state index contributed by atoms with van der Waals surface area (Å²) in [5, 5.41) is 2.03. The molecule has 1 aromatic heterocycles. The molecule has 0 saturated heterocycles. The predicted octanol–water partition coefficient (Wildman–Crippen LogP) is 3.06. The summed E-state index contributed by atoms with van der Waals surface area (Å²) in [6, 6.07) is 7.07. The van der Waals surface area contributed by atoms with Crippen LogP contribution in [0, 0.1) is 19.7 Å². The molecule has 0 fully saturated rings. The van der Waals surface area contributed by atoms with Crippen LogP contribution in [0.15, 0.2) is 29.6 Å². The van der Waals surface area contributed by atoms with Gasteiger partial charge in [-0.25, -0.2) is 9.82 Å². The van der Waals surface area contributed by atoms with Crippen LogP contribution in [-0.2, 0) is 0 Å². The van der Waals surface area contributed by atoms with E-state index >= 15 is 0 Å². The molecule has 0 aliphatic heterocycles. The average molecular weight is 250 g/mol. The van der Waals surface area contributed by atoms with Crippen molar-refractivity contribution in [1.29, 1.82) is 0 Å². The fourth-order valence-electron chi connectivity index (χ4n) is 1.85. The van der Waals surface area contributed by atoms with Crippen LogP contribution in [0.25, 0.3) is 0 Å². The van der Waals surface area contributed by atoms with E-state index in [2.05, 4.69) is 11.5 Å². The number of rotatable bonds is 3. The third kappa shape index (κ3) is 2.39. The van der Waals surface area contributed by atoms with Crippen LogP contribution in [0.1, 0.15) is 27.6 Å². The third-order valence-electron chi connectivity index (χ3n) is 2.85. The van der Waals surface area contributed by atoms with Crippen molar-refractivity contribution in [3.63, 3.8) is 0 Å². The van der Waals surface area contributed by atoms with E-state index in [-0.39, 0.29) is 11.9 Å². The molecule has 1 aromatic carbocycles. The van der Waals surface area contributed by atoms with Crippen LogP contribution in [0.4, 0.5) is 4.39 Å².